The van der Waals surface area contributed by atoms with Crippen molar-refractivity contribution in [2.24, 2.45) is 23.7 Å². The fourth-order valence-corrected chi connectivity index (χ4v) is 5.55. The molecule has 6 rings (SSSR count). The fraction of sp³-hybridized carbons (Fsp3) is 0.684. The van der Waals surface area contributed by atoms with Gasteiger partial charge in [0.1, 0.15) is 5.75 Å². The van der Waals surface area contributed by atoms with E-state index in [2.05, 4.69) is 24.3 Å². The largest absolute Gasteiger partial charge is 0.490 e. The molecule has 0 aliphatic heterocycles. The molecule has 0 heterocycles. The van der Waals surface area contributed by atoms with Gasteiger partial charge in [0.15, 0.2) is 0 Å². The van der Waals surface area contributed by atoms with Crippen LogP contribution < -0.4 is 4.74 Å². The number of hydrogen-bond acceptors (Lipinski definition) is 2. The first kappa shape index (κ1) is 12.5. The van der Waals surface area contributed by atoms with Crippen molar-refractivity contribution in [3.63, 3.8) is 0 Å². The van der Waals surface area contributed by atoms with Gasteiger partial charge in [0.2, 0.25) is 0 Å². The Morgan fingerprint density at radius 2 is 1.43 bits per heavy atom. The maximum absolute atomic E-state index is 11.5. The molecule has 0 amide bonds. The molecular formula is C19H24O2. The molecule has 0 aromatic heterocycles. The lowest BCUT2D eigenvalue weighted by atomic mass is 9.48. The van der Waals surface area contributed by atoms with E-state index in [-0.39, 0.29) is 0 Å². The lowest BCUT2D eigenvalue weighted by Gasteiger charge is -2.59. The lowest BCUT2D eigenvalue weighted by molar-refractivity contribution is -0.179. The molecule has 0 atom stereocenters. The summed E-state index contributed by atoms with van der Waals surface area (Å²) in [6.45, 7) is 0. The van der Waals surface area contributed by atoms with Gasteiger partial charge in [0, 0.05) is 0 Å². The number of aliphatic hydroxyl groups is 1. The third kappa shape index (κ3) is 1.88. The van der Waals surface area contributed by atoms with Gasteiger partial charge in [-0.2, -0.15) is 0 Å². The maximum Gasteiger partial charge on any atom is 0.119 e. The first-order valence-corrected chi connectivity index (χ1v) is 8.71. The summed E-state index contributed by atoms with van der Waals surface area (Å²) < 4.78 is 5.84. The molecule has 21 heavy (non-hydrogen) atoms. The van der Waals surface area contributed by atoms with Gasteiger partial charge in [-0.05, 0) is 86.3 Å². The minimum Gasteiger partial charge on any atom is -0.490 e. The van der Waals surface area contributed by atoms with Gasteiger partial charge in [0.05, 0.1) is 11.7 Å². The van der Waals surface area contributed by atoms with E-state index in [0.717, 1.165) is 23.1 Å². The van der Waals surface area contributed by atoms with Crippen molar-refractivity contribution < 1.29 is 9.84 Å². The number of ether oxygens (including phenoxy) is 1. The summed E-state index contributed by atoms with van der Waals surface area (Å²) in [7, 11) is 0. The minimum absolute atomic E-state index is 0.445. The molecule has 0 spiro atoms. The third-order valence-electron chi connectivity index (χ3n) is 6.53. The van der Waals surface area contributed by atoms with Gasteiger partial charge < -0.3 is 9.84 Å². The Hall–Kier alpha value is -1.02. The normalized spacial score (nSPS) is 44.0. The quantitative estimate of drug-likeness (QED) is 0.913. The van der Waals surface area contributed by atoms with E-state index in [1.54, 1.807) is 0 Å². The molecule has 2 heteroatoms. The van der Waals surface area contributed by atoms with Crippen LogP contribution in [-0.2, 0) is 5.60 Å². The Morgan fingerprint density at radius 3 is 1.95 bits per heavy atom. The summed E-state index contributed by atoms with van der Waals surface area (Å²) >= 11 is 0. The maximum atomic E-state index is 11.5. The van der Waals surface area contributed by atoms with E-state index in [0.29, 0.717) is 17.9 Å². The van der Waals surface area contributed by atoms with Gasteiger partial charge in [-0.15, -0.1) is 0 Å². The number of benzene rings is 1. The second-order valence-electron chi connectivity index (χ2n) is 7.97. The predicted molar refractivity (Wildman–Crippen MR) is 81.0 cm³/mol. The molecule has 5 aliphatic carbocycles. The highest BCUT2D eigenvalue weighted by Gasteiger charge is 2.57. The summed E-state index contributed by atoms with van der Waals surface area (Å²) in [5.74, 6) is 3.73. The summed E-state index contributed by atoms with van der Waals surface area (Å²) in [5, 5.41) is 11.5. The first-order chi connectivity index (χ1) is 10.2. The molecule has 0 saturated heterocycles. The SMILES string of the molecule is OC1(c2ccc(OC3CC3)cc2)C2CC3CC(C2)CC1C3. The van der Waals surface area contributed by atoms with Gasteiger partial charge >= 0.3 is 0 Å². The van der Waals surface area contributed by atoms with Gasteiger partial charge in [-0.3, -0.25) is 0 Å². The van der Waals surface area contributed by atoms with Crippen molar-refractivity contribution in [1.29, 1.82) is 0 Å². The van der Waals surface area contributed by atoms with Crippen molar-refractivity contribution >= 4 is 0 Å². The van der Waals surface area contributed by atoms with Crippen LogP contribution in [0.25, 0.3) is 0 Å². The van der Waals surface area contributed by atoms with Crippen LogP contribution >= 0.6 is 0 Å². The molecule has 5 saturated carbocycles. The predicted octanol–water partition coefficient (Wildman–Crippen LogP) is 3.87. The highest BCUT2D eigenvalue weighted by molar-refractivity contribution is 5.34. The van der Waals surface area contributed by atoms with E-state index in [4.69, 9.17) is 4.74 Å². The molecule has 5 fully saturated rings. The smallest absolute Gasteiger partial charge is 0.119 e. The molecule has 112 valence electrons. The Bertz CT molecular complexity index is 515. The molecule has 0 radical (unpaired) electrons. The summed E-state index contributed by atoms with van der Waals surface area (Å²) in [6.07, 6.45) is 9.22. The summed E-state index contributed by atoms with van der Waals surface area (Å²) in [5.41, 5.74) is 0.574. The van der Waals surface area contributed by atoms with Crippen LogP contribution in [0.15, 0.2) is 24.3 Å². The van der Waals surface area contributed by atoms with E-state index < -0.39 is 5.60 Å². The first-order valence-electron chi connectivity index (χ1n) is 8.71. The number of rotatable bonds is 3. The molecule has 1 aromatic carbocycles. The summed E-state index contributed by atoms with van der Waals surface area (Å²) in [6, 6.07) is 8.38. The zero-order valence-electron chi connectivity index (χ0n) is 12.5. The van der Waals surface area contributed by atoms with Crippen molar-refractivity contribution in [3.05, 3.63) is 29.8 Å². The van der Waals surface area contributed by atoms with Crippen molar-refractivity contribution in [2.75, 3.05) is 0 Å². The zero-order valence-corrected chi connectivity index (χ0v) is 12.5. The number of hydrogen-bond donors (Lipinski definition) is 1. The van der Waals surface area contributed by atoms with Gasteiger partial charge in [0.25, 0.3) is 0 Å². The second-order valence-corrected chi connectivity index (χ2v) is 7.97. The third-order valence-corrected chi connectivity index (χ3v) is 6.53. The molecule has 5 aliphatic rings. The second kappa shape index (κ2) is 4.25. The fourth-order valence-electron chi connectivity index (χ4n) is 5.55. The topological polar surface area (TPSA) is 29.5 Å². The van der Waals surface area contributed by atoms with Crippen LogP contribution in [0.1, 0.15) is 50.5 Å². The molecule has 2 nitrogen and oxygen atoms in total. The summed E-state index contributed by atoms with van der Waals surface area (Å²) in [4.78, 5) is 0. The average molecular weight is 284 g/mol. The van der Waals surface area contributed by atoms with Crippen LogP contribution in [0.5, 0.6) is 5.75 Å². The Labute approximate surface area is 126 Å². The van der Waals surface area contributed by atoms with Crippen LogP contribution in [0.2, 0.25) is 0 Å². The molecule has 4 bridgehead atoms. The van der Waals surface area contributed by atoms with E-state index in [1.807, 2.05) is 0 Å². The highest BCUT2D eigenvalue weighted by Crippen LogP contribution is 2.61. The minimum atomic E-state index is -0.564. The Kier molecular flexibility index (Phi) is 2.54. The monoisotopic (exact) mass is 284 g/mol. The molecule has 0 unspecified atom stereocenters. The Morgan fingerprint density at radius 1 is 0.857 bits per heavy atom. The lowest BCUT2D eigenvalue weighted by Crippen LogP contribution is -2.55. The molecule has 1 N–H and O–H groups in total. The van der Waals surface area contributed by atoms with Crippen LogP contribution in [0, 0.1) is 23.7 Å². The van der Waals surface area contributed by atoms with E-state index >= 15 is 0 Å². The van der Waals surface area contributed by atoms with Gasteiger partial charge in [-0.25, -0.2) is 0 Å². The Balaban J connectivity index is 1.45. The molecular weight excluding hydrogens is 260 g/mol. The van der Waals surface area contributed by atoms with Crippen molar-refractivity contribution in [2.45, 2.75) is 56.7 Å². The van der Waals surface area contributed by atoms with Crippen LogP contribution in [-0.4, -0.2) is 11.2 Å². The van der Waals surface area contributed by atoms with Gasteiger partial charge in [-0.1, -0.05) is 12.1 Å². The molecule has 1 aromatic rings. The van der Waals surface area contributed by atoms with Crippen LogP contribution in [0.3, 0.4) is 0 Å². The van der Waals surface area contributed by atoms with Crippen molar-refractivity contribution in [3.8, 4) is 5.75 Å². The highest BCUT2D eigenvalue weighted by atomic mass is 16.5. The zero-order chi connectivity index (χ0) is 14.0. The van der Waals surface area contributed by atoms with E-state index in [9.17, 15) is 5.11 Å². The standard InChI is InChI=1S/C19H24O2/c20-19(14-1-3-17(4-2-14)21-18-5-6-18)15-8-12-7-13(10-15)11-16(19)9-12/h1-4,12-13,15-16,18,20H,5-11H2. The van der Waals surface area contributed by atoms with Crippen molar-refractivity contribution in [1.82, 2.24) is 0 Å². The van der Waals surface area contributed by atoms with E-state index in [1.165, 1.54) is 44.9 Å². The van der Waals surface area contributed by atoms with Crippen LogP contribution in [0.4, 0.5) is 0 Å². The average Bonchev–Trinajstić information content (AvgIpc) is 3.28.